The maximum Gasteiger partial charge on any atom is 0.0587 e. The fourth-order valence-corrected chi connectivity index (χ4v) is 2.66. The summed E-state index contributed by atoms with van der Waals surface area (Å²) in [5, 5.41) is 3.56. The molecule has 2 atom stereocenters. The van der Waals surface area contributed by atoms with E-state index in [0.29, 0.717) is 12.1 Å². The lowest BCUT2D eigenvalue weighted by atomic mass is 9.98. The van der Waals surface area contributed by atoms with Crippen molar-refractivity contribution < 1.29 is 0 Å². The summed E-state index contributed by atoms with van der Waals surface area (Å²) in [5.41, 5.74) is 7.84. The van der Waals surface area contributed by atoms with Gasteiger partial charge in [-0.1, -0.05) is 15.9 Å². The van der Waals surface area contributed by atoms with Crippen molar-refractivity contribution in [2.24, 2.45) is 0 Å². The second-order valence-corrected chi connectivity index (χ2v) is 5.84. The van der Waals surface area contributed by atoms with Crippen LogP contribution in [0.25, 0.3) is 0 Å². The number of rotatable bonds is 2. The van der Waals surface area contributed by atoms with Crippen LogP contribution in [0.2, 0.25) is 0 Å². The van der Waals surface area contributed by atoms with Gasteiger partial charge < -0.3 is 16.0 Å². The number of nitrogens with zero attached hydrogens (tertiary/aromatic N) is 1. The van der Waals surface area contributed by atoms with Gasteiger partial charge in [0.2, 0.25) is 0 Å². The minimum atomic E-state index is 0.526. The highest BCUT2D eigenvalue weighted by Crippen LogP contribution is 2.26. The normalized spacial score (nSPS) is 25.8. The van der Waals surface area contributed by atoms with Crippen LogP contribution >= 0.6 is 15.9 Å². The van der Waals surface area contributed by atoms with E-state index in [0.717, 1.165) is 22.4 Å². The molecule has 1 aromatic carbocycles. The van der Waals surface area contributed by atoms with Gasteiger partial charge in [-0.05, 0) is 45.0 Å². The van der Waals surface area contributed by atoms with E-state index in [1.54, 1.807) is 0 Å². The first kappa shape index (κ1) is 12.7. The van der Waals surface area contributed by atoms with Crippen LogP contribution < -0.4 is 11.1 Å². The average Bonchev–Trinajstić information content (AvgIpc) is 2.29. The lowest BCUT2D eigenvalue weighted by molar-refractivity contribution is 0.190. The molecule has 2 rings (SSSR count). The van der Waals surface area contributed by atoms with Gasteiger partial charge in [0, 0.05) is 23.1 Å². The molecule has 1 aromatic rings. The molecule has 0 spiro atoms. The standard InChI is InChI=1S/C13H20BrN3/c1-9-7-11(5-6-17(9)2)16-13-8-10(14)3-4-12(13)15/h3-4,8-9,11,16H,5-7,15H2,1-2H3. The van der Waals surface area contributed by atoms with Crippen LogP contribution in [0.5, 0.6) is 0 Å². The van der Waals surface area contributed by atoms with E-state index in [2.05, 4.69) is 46.2 Å². The topological polar surface area (TPSA) is 41.3 Å². The Balaban J connectivity index is 2.03. The molecule has 2 unspecified atom stereocenters. The van der Waals surface area contributed by atoms with Crippen LogP contribution in [0.3, 0.4) is 0 Å². The molecule has 1 aliphatic heterocycles. The third kappa shape index (κ3) is 3.13. The van der Waals surface area contributed by atoms with Crippen molar-refractivity contribution in [1.82, 2.24) is 4.90 Å². The van der Waals surface area contributed by atoms with Crippen molar-refractivity contribution in [2.75, 3.05) is 24.6 Å². The number of piperidine rings is 1. The maximum atomic E-state index is 5.97. The molecule has 1 fully saturated rings. The van der Waals surface area contributed by atoms with Crippen molar-refractivity contribution >= 4 is 27.3 Å². The van der Waals surface area contributed by atoms with Gasteiger partial charge >= 0.3 is 0 Å². The van der Waals surface area contributed by atoms with Gasteiger partial charge in [0.15, 0.2) is 0 Å². The highest BCUT2D eigenvalue weighted by Gasteiger charge is 2.22. The van der Waals surface area contributed by atoms with Crippen LogP contribution in [0.4, 0.5) is 11.4 Å². The van der Waals surface area contributed by atoms with E-state index in [9.17, 15) is 0 Å². The number of nitrogens with two attached hydrogens (primary N) is 1. The zero-order chi connectivity index (χ0) is 12.4. The molecule has 0 saturated carbocycles. The van der Waals surface area contributed by atoms with E-state index in [1.165, 1.54) is 12.8 Å². The monoisotopic (exact) mass is 297 g/mol. The summed E-state index contributed by atoms with van der Waals surface area (Å²) < 4.78 is 1.06. The number of benzene rings is 1. The van der Waals surface area contributed by atoms with Gasteiger partial charge in [-0.15, -0.1) is 0 Å². The van der Waals surface area contributed by atoms with Crippen molar-refractivity contribution in [3.8, 4) is 0 Å². The van der Waals surface area contributed by atoms with Gasteiger partial charge in [0.05, 0.1) is 11.4 Å². The predicted molar refractivity (Wildman–Crippen MR) is 77.3 cm³/mol. The van der Waals surface area contributed by atoms with Crippen molar-refractivity contribution in [3.63, 3.8) is 0 Å². The van der Waals surface area contributed by atoms with E-state index in [-0.39, 0.29) is 0 Å². The number of nitrogen functional groups attached to an aromatic ring is 1. The largest absolute Gasteiger partial charge is 0.397 e. The Bertz CT molecular complexity index is 394. The second kappa shape index (κ2) is 5.27. The SMILES string of the molecule is CC1CC(Nc2cc(Br)ccc2N)CCN1C. The number of nitrogens with one attached hydrogen (secondary N) is 1. The molecule has 0 bridgehead atoms. The minimum absolute atomic E-state index is 0.526. The summed E-state index contributed by atoms with van der Waals surface area (Å²) in [4.78, 5) is 2.41. The summed E-state index contributed by atoms with van der Waals surface area (Å²) >= 11 is 3.48. The van der Waals surface area contributed by atoms with E-state index < -0.39 is 0 Å². The number of hydrogen-bond donors (Lipinski definition) is 2. The second-order valence-electron chi connectivity index (χ2n) is 4.93. The highest BCUT2D eigenvalue weighted by molar-refractivity contribution is 9.10. The lowest BCUT2D eigenvalue weighted by Crippen LogP contribution is -2.42. The van der Waals surface area contributed by atoms with Crippen molar-refractivity contribution in [1.29, 1.82) is 0 Å². The first-order valence-electron chi connectivity index (χ1n) is 6.08. The molecule has 0 aromatic heterocycles. The van der Waals surface area contributed by atoms with Gasteiger partial charge in [-0.3, -0.25) is 0 Å². The van der Waals surface area contributed by atoms with Gasteiger partial charge in [-0.25, -0.2) is 0 Å². The van der Waals surface area contributed by atoms with E-state index in [4.69, 9.17) is 5.73 Å². The first-order chi connectivity index (χ1) is 8.06. The smallest absolute Gasteiger partial charge is 0.0587 e. The molecule has 0 radical (unpaired) electrons. The summed E-state index contributed by atoms with van der Waals surface area (Å²) in [6.07, 6.45) is 2.34. The molecule has 1 heterocycles. The molecule has 1 aliphatic rings. The van der Waals surface area contributed by atoms with Crippen LogP contribution in [0.1, 0.15) is 19.8 Å². The summed E-state index contributed by atoms with van der Waals surface area (Å²) in [5.74, 6) is 0. The van der Waals surface area contributed by atoms with Crippen LogP contribution in [0.15, 0.2) is 22.7 Å². The molecule has 3 N–H and O–H groups in total. The molecule has 3 nitrogen and oxygen atoms in total. The van der Waals surface area contributed by atoms with Gasteiger partial charge in [-0.2, -0.15) is 0 Å². The maximum absolute atomic E-state index is 5.97. The molecule has 0 aliphatic carbocycles. The van der Waals surface area contributed by atoms with E-state index in [1.807, 2.05) is 12.1 Å². The Morgan fingerprint density at radius 2 is 2.24 bits per heavy atom. The van der Waals surface area contributed by atoms with Gasteiger partial charge in [0.1, 0.15) is 0 Å². The number of anilines is 2. The molecular formula is C13H20BrN3. The lowest BCUT2D eigenvalue weighted by Gasteiger charge is -2.36. The zero-order valence-corrected chi connectivity index (χ0v) is 12.0. The van der Waals surface area contributed by atoms with Crippen molar-refractivity contribution in [2.45, 2.75) is 31.8 Å². The Morgan fingerprint density at radius 1 is 1.47 bits per heavy atom. The average molecular weight is 298 g/mol. The number of hydrogen-bond acceptors (Lipinski definition) is 3. The van der Waals surface area contributed by atoms with Crippen LogP contribution in [-0.2, 0) is 0 Å². The quantitative estimate of drug-likeness (QED) is 0.825. The van der Waals surface area contributed by atoms with Crippen LogP contribution in [0, 0.1) is 0 Å². The number of likely N-dealkylation sites (tertiary alicyclic amines) is 1. The summed E-state index contributed by atoms with van der Waals surface area (Å²) in [6.45, 7) is 3.42. The van der Waals surface area contributed by atoms with E-state index >= 15 is 0 Å². The molecular weight excluding hydrogens is 278 g/mol. The third-order valence-electron chi connectivity index (χ3n) is 3.58. The molecule has 94 valence electrons. The Kier molecular flexibility index (Phi) is 3.94. The predicted octanol–water partition coefficient (Wildman–Crippen LogP) is 2.93. The molecule has 1 saturated heterocycles. The third-order valence-corrected chi connectivity index (χ3v) is 4.08. The highest BCUT2D eigenvalue weighted by atomic mass is 79.9. The Labute approximate surface area is 111 Å². The fourth-order valence-electron chi connectivity index (χ4n) is 2.29. The number of halogens is 1. The molecule has 17 heavy (non-hydrogen) atoms. The Hall–Kier alpha value is -0.740. The first-order valence-corrected chi connectivity index (χ1v) is 6.87. The zero-order valence-electron chi connectivity index (χ0n) is 10.4. The van der Waals surface area contributed by atoms with Crippen LogP contribution in [-0.4, -0.2) is 30.6 Å². The molecule has 4 heteroatoms. The fraction of sp³-hybridized carbons (Fsp3) is 0.538. The van der Waals surface area contributed by atoms with Crippen molar-refractivity contribution in [3.05, 3.63) is 22.7 Å². The summed E-state index contributed by atoms with van der Waals surface area (Å²) in [7, 11) is 2.19. The van der Waals surface area contributed by atoms with Gasteiger partial charge in [0.25, 0.3) is 0 Å². The summed E-state index contributed by atoms with van der Waals surface area (Å²) in [6, 6.07) is 7.12. The minimum Gasteiger partial charge on any atom is -0.397 e. The Morgan fingerprint density at radius 3 is 2.94 bits per heavy atom. The molecule has 0 amide bonds.